The molecule has 4 N–H and O–H groups in total. The number of aromatic hydroxyl groups is 1. The van der Waals surface area contributed by atoms with Gasteiger partial charge in [0.05, 0.1) is 11.9 Å². The largest absolute Gasteiger partial charge is 0.504 e. The van der Waals surface area contributed by atoms with Crippen molar-refractivity contribution < 1.29 is 5.11 Å². The van der Waals surface area contributed by atoms with Crippen LogP contribution < -0.4 is 10.6 Å². The Balaban J connectivity index is 1.71. The van der Waals surface area contributed by atoms with E-state index < -0.39 is 0 Å². The van der Waals surface area contributed by atoms with Crippen molar-refractivity contribution in [3.8, 4) is 5.75 Å². The van der Waals surface area contributed by atoms with Gasteiger partial charge in [0.15, 0.2) is 10.9 Å². The first-order valence-electron chi connectivity index (χ1n) is 6.59. The fourth-order valence-corrected chi connectivity index (χ4v) is 2.51. The van der Waals surface area contributed by atoms with Gasteiger partial charge in [-0.1, -0.05) is 6.07 Å². The summed E-state index contributed by atoms with van der Waals surface area (Å²) in [6.07, 6.45) is 5.03. The number of hydrogen-bond donors (Lipinski definition) is 4. The van der Waals surface area contributed by atoms with E-state index in [2.05, 4.69) is 33.0 Å². The number of aryl methyl sites for hydroxylation is 1. The third-order valence-corrected chi connectivity index (χ3v) is 3.88. The molecule has 0 atom stereocenters. The molecule has 0 saturated heterocycles. The van der Waals surface area contributed by atoms with E-state index in [1.807, 2.05) is 18.4 Å². The number of benzene rings is 1. The van der Waals surface area contributed by atoms with E-state index in [0.717, 1.165) is 30.8 Å². The zero-order valence-electron chi connectivity index (χ0n) is 11.7. The van der Waals surface area contributed by atoms with Crippen LogP contribution in [0.4, 0.5) is 5.69 Å². The molecule has 2 rings (SSSR count). The molecule has 21 heavy (non-hydrogen) atoms. The van der Waals surface area contributed by atoms with Gasteiger partial charge in [0, 0.05) is 17.1 Å². The van der Waals surface area contributed by atoms with E-state index in [9.17, 15) is 5.11 Å². The average molecular weight is 322 g/mol. The fraction of sp³-hybridized carbons (Fsp3) is 0.286. The van der Waals surface area contributed by atoms with Gasteiger partial charge in [0.2, 0.25) is 0 Å². The van der Waals surface area contributed by atoms with E-state index in [4.69, 9.17) is 12.2 Å². The number of aromatic nitrogens is 2. The molecule has 0 saturated carbocycles. The lowest BCUT2D eigenvalue weighted by Crippen LogP contribution is -2.29. The lowest BCUT2D eigenvalue weighted by Gasteiger charge is -2.11. The first-order chi connectivity index (χ1) is 10.2. The number of hydrogen-bond acceptors (Lipinski definition) is 4. The standard InChI is InChI=1S/C14H18N4OS2/c1-21-11-5-2-4-10(8-11)17-14(20)15-7-3-6-12-13(19)9-16-18-12/h2,4-5,8-9,19H,3,6-7H2,1H3,(H,16,18)(H2,15,17,20). The molecule has 0 amide bonds. The second kappa shape index (κ2) is 7.90. The van der Waals surface area contributed by atoms with E-state index >= 15 is 0 Å². The highest BCUT2D eigenvalue weighted by Gasteiger charge is 2.03. The predicted octanol–water partition coefficient (Wildman–Crippen LogP) is 2.76. The summed E-state index contributed by atoms with van der Waals surface area (Å²) in [5.41, 5.74) is 1.73. The normalized spacial score (nSPS) is 10.3. The Bertz CT molecular complexity index is 600. The third-order valence-electron chi connectivity index (χ3n) is 2.91. The van der Waals surface area contributed by atoms with Crippen LogP contribution in [0.3, 0.4) is 0 Å². The van der Waals surface area contributed by atoms with E-state index in [1.54, 1.807) is 11.8 Å². The molecule has 0 radical (unpaired) electrons. The maximum atomic E-state index is 9.45. The Morgan fingerprint density at radius 1 is 1.48 bits per heavy atom. The minimum atomic E-state index is 0.213. The molecule has 0 aliphatic heterocycles. The number of nitrogens with zero attached hydrogens (tertiary/aromatic N) is 1. The summed E-state index contributed by atoms with van der Waals surface area (Å²) in [6.45, 7) is 0.729. The first kappa shape index (κ1) is 15.7. The lowest BCUT2D eigenvalue weighted by molar-refractivity contribution is 0.467. The molecule has 0 fully saturated rings. The van der Waals surface area contributed by atoms with Crippen molar-refractivity contribution in [2.75, 3.05) is 18.1 Å². The number of rotatable bonds is 6. The molecule has 2 aromatic rings. The summed E-state index contributed by atoms with van der Waals surface area (Å²) >= 11 is 6.95. The number of thiocarbonyl (C=S) groups is 1. The monoisotopic (exact) mass is 322 g/mol. The maximum Gasteiger partial charge on any atom is 0.170 e. The van der Waals surface area contributed by atoms with Crippen molar-refractivity contribution in [3.05, 3.63) is 36.2 Å². The van der Waals surface area contributed by atoms with Gasteiger partial charge in [-0.25, -0.2) is 0 Å². The van der Waals surface area contributed by atoms with Crippen LogP contribution in [0.2, 0.25) is 0 Å². The maximum absolute atomic E-state index is 9.45. The van der Waals surface area contributed by atoms with Crippen LogP contribution in [-0.4, -0.2) is 33.2 Å². The van der Waals surface area contributed by atoms with Crippen LogP contribution in [0.15, 0.2) is 35.4 Å². The van der Waals surface area contributed by atoms with Gasteiger partial charge in [0.1, 0.15) is 0 Å². The minimum Gasteiger partial charge on any atom is -0.504 e. The highest BCUT2D eigenvalue weighted by atomic mass is 32.2. The zero-order valence-corrected chi connectivity index (χ0v) is 13.4. The van der Waals surface area contributed by atoms with Crippen LogP contribution in [0, 0.1) is 0 Å². The molecule has 1 aromatic heterocycles. The number of H-pyrrole nitrogens is 1. The summed E-state index contributed by atoms with van der Waals surface area (Å²) in [7, 11) is 0. The Morgan fingerprint density at radius 3 is 3.05 bits per heavy atom. The van der Waals surface area contributed by atoms with E-state index in [0.29, 0.717) is 5.11 Å². The highest BCUT2D eigenvalue weighted by Crippen LogP contribution is 2.18. The lowest BCUT2D eigenvalue weighted by atomic mass is 10.2. The Morgan fingerprint density at radius 2 is 2.33 bits per heavy atom. The van der Waals surface area contributed by atoms with Gasteiger partial charge in [-0.15, -0.1) is 11.8 Å². The van der Waals surface area contributed by atoms with Crippen molar-refractivity contribution in [1.82, 2.24) is 15.5 Å². The average Bonchev–Trinajstić information content (AvgIpc) is 2.89. The quantitative estimate of drug-likeness (QED) is 0.372. The smallest absolute Gasteiger partial charge is 0.170 e. The molecule has 112 valence electrons. The number of nitrogens with one attached hydrogen (secondary N) is 3. The second-order valence-corrected chi connectivity index (χ2v) is 5.74. The van der Waals surface area contributed by atoms with Crippen molar-refractivity contribution >= 4 is 34.8 Å². The predicted molar refractivity (Wildman–Crippen MR) is 91.0 cm³/mol. The van der Waals surface area contributed by atoms with Crippen molar-refractivity contribution in [2.45, 2.75) is 17.7 Å². The van der Waals surface area contributed by atoms with E-state index in [1.165, 1.54) is 11.1 Å². The zero-order chi connectivity index (χ0) is 15.1. The summed E-state index contributed by atoms with van der Waals surface area (Å²) in [6, 6.07) is 8.10. The van der Waals surface area contributed by atoms with Crippen molar-refractivity contribution in [3.63, 3.8) is 0 Å². The fourth-order valence-electron chi connectivity index (χ4n) is 1.83. The van der Waals surface area contributed by atoms with Gasteiger partial charge < -0.3 is 15.7 Å². The van der Waals surface area contributed by atoms with Crippen LogP contribution in [-0.2, 0) is 6.42 Å². The van der Waals surface area contributed by atoms with Crippen LogP contribution in [0.1, 0.15) is 12.1 Å². The van der Waals surface area contributed by atoms with Crippen molar-refractivity contribution in [1.29, 1.82) is 0 Å². The molecule has 1 aromatic carbocycles. The summed E-state index contributed by atoms with van der Waals surface area (Å²) in [4.78, 5) is 1.19. The SMILES string of the molecule is CSc1cccc(NC(=S)NCCCc2[nH]ncc2O)c1. The van der Waals surface area contributed by atoms with Crippen LogP contribution in [0.5, 0.6) is 5.75 Å². The summed E-state index contributed by atoms with van der Waals surface area (Å²) in [5, 5.41) is 22.9. The molecule has 5 nitrogen and oxygen atoms in total. The first-order valence-corrected chi connectivity index (χ1v) is 8.22. The number of aromatic amines is 1. The summed E-state index contributed by atoms with van der Waals surface area (Å²) < 4.78 is 0. The van der Waals surface area contributed by atoms with Crippen LogP contribution >= 0.6 is 24.0 Å². The van der Waals surface area contributed by atoms with Gasteiger partial charge in [0.25, 0.3) is 0 Å². The molecule has 0 spiro atoms. The minimum absolute atomic E-state index is 0.213. The van der Waals surface area contributed by atoms with Gasteiger partial charge >= 0.3 is 0 Å². The highest BCUT2D eigenvalue weighted by molar-refractivity contribution is 7.98. The molecule has 7 heteroatoms. The Hall–Kier alpha value is -1.73. The van der Waals surface area contributed by atoms with Crippen LogP contribution in [0.25, 0.3) is 0 Å². The molecule has 0 unspecified atom stereocenters. The van der Waals surface area contributed by atoms with Gasteiger partial charge in [-0.3, -0.25) is 5.10 Å². The summed E-state index contributed by atoms with van der Waals surface area (Å²) in [5.74, 6) is 0.213. The Labute approximate surface area is 133 Å². The van der Waals surface area contributed by atoms with Gasteiger partial charge in [-0.05, 0) is 49.5 Å². The molecular weight excluding hydrogens is 304 g/mol. The molecular formula is C14H18N4OS2. The molecule has 0 aliphatic carbocycles. The molecule has 0 aliphatic rings. The van der Waals surface area contributed by atoms with Crippen molar-refractivity contribution in [2.24, 2.45) is 0 Å². The number of anilines is 1. The third kappa shape index (κ3) is 4.95. The van der Waals surface area contributed by atoms with Gasteiger partial charge in [-0.2, -0.15) is 5.10 Å². The second-order valence-electron chi connectivity index (χ2n) is 4.45. The van der Waals surface area contributed by atoms with E-state index in [-0.39, 0.29) is 5.75 Å². The molecule has 0 bridgehead atoms. The molecule has 1 heterocycles. The number of thioether (sulfide) groups is 1. The Kier molecular flexibility index (Phi) is 5.89. The topological polar surface area (TPSA) is 73.0 Å².